The van der Waals surface area contributed by atoms with Gasteiger partial charge in [0.2, 0.25) is 23.5 Å². The van der Waals surface area contributed by atoms with Gasteiger partial charge in [0.15, 0.2) is 0 Å². The zero-order chi connectivity index (χ0) is 31.8. The highest BCUT2D eigenvalue weighted by Crippen LogP contribution is 2.34. The van der Waals surface area contributed by atoms with Crippen LogP contribution < -0.4 is 21.7 Å². The van der Waals surface area contributed by atoms with Crippen molar-refractivity contribution in [3.8, 4) is 0 Å². The van der Waals surface area contributed by atoms with E-state index in [-0.39, 0.29) is 17.7 Å². The molecule has 2 fully saturated rings. The second kappa shape index (κ2) is 15.3. The van der Waals surface area contributed by atoms with E-state index in [1.165, 1.54) is 4.90 Å². The summed E-state index contributed by atoms with van der Waals surface area (Å²) in [5.74, 6) is -2.98. The number of hydrogen-bond acceptors (Lipinski definition) is 6. The molecular formula is C30H52N6O6. The number of hydrogen-bond donors (Lipinski definition) is 4. The van der Waals surface area contributed by atoms with Gasteiger partial charge in [-0.25, -0.2) is 4.79 Å². The van der Waals surface area contributed by atoms with E-state index in [0.717, 1.165) is 25.7 Å². The Kier molecular flexibility index (Phi) is 12.8. The molecule has 12 heteroatoms. The fourth-order valence-electron chi connectivity index (χ4n) is 5.37. The van der Waals surface area contributed by atoms with E-state index in [1.54, 1.807) is 4.90 Å². The molecule has 2 aliphatic rings. The van der Waals surface area contributed by atoms with E-state index >= 15 is 0 Å². The Hall–Kier alpha value is -3.18. The van der Waals surface area contributed by atoms with Gasteiger partial charge in [-0.3, -0.25) is 24.0 Å². The predicted molar refractivity (Wildman–Crippen MR) is 159 cm³/mol. The Morgan fingerprint density at radius 3 is 2.00 bits per heavy atom. The highest BCUT2D eigenvalue weighted by molar-refractivity contribution is 6.37. The largest absolute Gasteiger partial charge is 0.363 e. The fraction of sp³-hybridized carbons (Fsp3) is 0.800. The number of rotatable bonds is 15. The maximum absolute atomic E-state index is 13.9. The maximum Gasteiger partial charge on any atom is 0.316 e. The van der Waals surface area contributed by atoms with E-state index < -0.39 is 59.1 Å². The lowest BCUT2D eigenvalue weighted by atomic mass is 9.85. The van der Waals surface area contributed by atoms with Crippen LogP contribution in [0.2, 0.25) is 0 Å². The van der Waals surface area contributed by atoms with Crippen LogP contribution in [0.25, 0.3) is 0 Å². The molecule has 0 radical (unpaired) electrons. The Morgan fingerprint density at radius 1 is 0.929 bits per heavy atom. The molecule has 238 valence electrons. The Morgan fingerprint density at radius 2 is 1.52 bits per heavy atom. The lowest BCUT2D eigenvalue weighted by Crippen LogP contribution is -2.61. The molecule has 12 nitrogen and oxygen atoms in total. The third-order valence-electron chi connectivity index (χ3n) is 7.89. The number of likely N-dealkylation sites (tertiary alicyclic amines) is 1. The first-order valence-corrected chi connectivity index (χ1v) is 15.4. The van der Waals surface area contributed by atoms with Crippen LogP contribution in [0, 0.1) is 17.3 Å². The van der Waals surface area contributed by atoms with Crippen molar-refractivity contribution < 1.29 is 28.8 Å². The summed E-state index contributed by atoms with van der Waals surface area (Å²) in [6, 6.07) is -4.27. The lowest BCUT2D eigenvalue weighted by Gasteiger charge is -2.36. The van der Waals surface area contributed by atoms with Crippen molar-refractivity contribution in [3.63, 3.8) is 0 Å². The second-order valence-electron chi connectivity index (χ2n) is 13.1. The molecule has 2 rings (SSSR count). The number of nitrogens with zero attached hydrogens (tertiary/aromatic N) is 2. The van der Waals surface area contributed by atoms with Gasteiger partial charge in [-0.15, -0.1) is 0 Å². The monoisotopic (exact) mass is 592 g/mol. The van der Waals surface area contributed by atoms with Gasteiger partial charge in [0.25, 0.3) is 5.91 Å². The summed E-state index contributed by atoms with van der Waals surface area (Å²) < 4.78 is 0. The molecule has 0 spiro atoms. The third-order valence-corrected chi connectivity index (χ3v) is 7.89. The van der Waals surface area contributed by atoms with Gasteiger partial charge in [0, 0.05) is 19.6 Å². The Balaban J connectivity index is 2.18. The molecule has 5 N–H and O–H groups in total. The minimum Gasteiger partial charge on any atom is -0.363 e. The summed E-state index contributed by atoms with van der Waals surface area (Å²) in [5, 5.41) is 8.25. The fourth-order valence-corrected chi connectivity index (χ4v) is 5.37. The minimum absolute atomic E-state index is 0.162. The van der Waals surface area contributed by atoms with Crippen molar-refractivity contribution >= 4 is 35.4 Å². The van der Waals surface area contributed by atoms with Gasteiger partial charge in [-0.2, -0.15) is 0 Å². The number of amides is 6. The Bertz CT molecular complexity index is 999. The summed E-state index contributed by atoms with van der Waals surface area (Å²) in [6.07, 6.45) is 4.73. The molecule has 1 saturated heterocycles. The lowest BCUT2D eigenvalue weighted by molar-refractivity contribution is -0.143. The average Bonchev–Trinajstić information content (AvgIpc) is 3.58. The molecule has 1 aliphatic carbocycles. The van der Waals surface area contributed by atoms with Crippen LogP contribution in [0.15, 0.2) is 0 Å². The molecule has 0 bridgehead atoms. The molecule has 0 aromatic rings. The number of carbonyl (C=O) groups is 6. The number of nitrogens with one attached hydrogen (secondary N) is 3. The number of carbonyl (C=O) groups excluding carboxylic acids is 6. The molecule has 1 aliphatic heterocycles. The molecule has 0 aromatic carbocycles. The van der Waals surface area contributed by atoms with Crippen molar-refractivity contribution in [1.29, 1.82) is 0 Å². The van der Waals surface area contributed by atoms with Crippen molar-refractivity contribution in [2.75, 3.05) is 19.6 Å². The van der Waals surface area contributed by atoms with Gasteiger partial charge in [-0.05, 0) is 49.4 Å². The van der Waals surface area contributed by atoms with E-state index in [2.05, 4.69) is 16.0 Å². The zero-order valence-electron chi connectivity index (χ0n) is 26.5. The topological polar surface area (TPSA) is 171 Å². The van der Waals surface area contributed by atoms with Crippen LogP contribution in [0.4, 0.5) is 4.79 Å². The SMILES string of the molecule is CCCN(CCC)C(=O)C(NC(=O)NC(C(=O)N1CCC[C@H]1C(=O)NC(CC1CC1)C(=O)C(N)=O)C(C)(C)C)C(C)C. The molecule has 4 atom stereocenters. The number of urea groups is 1. The van der Waals surface area contributed by atoms with Crippen molar-refractivity contribution in [1.82, 2.24) is 25.8 Å². The quantitative estimate of drug-likeness (QED) is 0.211. The predicted octanol–water partition coefficient (Wildman–Crippen LogP) is 1.70. The molecule has 1 saturated carbocycles. The van der Waals surface area contributed by atoms with Crippen molar-refractivity contribution in [2.24, 2.45) is 23.0 Å². The highest BCUT2D eigenvalue weighted by atomic mass is 16.2. The molecule has 1 heterocycles. The van der Waals surface area contributed by atoms with Crippen LogP contribution in [0.3, 0.4) is 0 Å². The summed E-state index contributed by atoms with van der Waals surface area (Å²) >= 11 is 0. The molecular weight excluding hydrogens is 540 g/mol. The van der Waals surface area contributed by atoms with Crippen LogP contribution >= 0.6 is 0 Å². The minimum atomic E-state index is -1.10. The summed E-state index contributed by atoms with van der Waals surface area (Å²) in [4.78, 5) is 80.9. The van der Waals surface area contributed by atoms with Crippen molar-refractivity contribution in [3.05, 3.63) is 0 Å². The number of Topliss-reactive ketones (excluding diaryl/α,β-unsaturated/α-hetero) is 1. The van der Waals surface area contributed by atoms with Gasteiger partial charge in [0.1, 0.15) is 18.1 Å². The smallest absolute Gasteiger partial charge is 0.316 e. The first kappa shape index (κ1) is 35.0. The van der Waals surface area contributed by atoms with Crippen LogP contribution in [-0.2, 0) is 24.0 Å². The van der Waals surface area contributed by atoms with Crippen LogP contribution in [0.5, 0.6) is 0 Å². The molecule has 3 unspecified atom stereocenters. The van der Waals surface area contributed by atoms with E-state index in [9.17, 15) is 28.8 Å². The van der Waals surface area contributed by atoms with Crippen LogP contribution in [0.1, 0.15) is 93.4 Å². The van der Waals surface area contributed by atoms with Crippen molar-refractivity contribution in [2.45, 2.75) is 118 Å². The van der Waals surface area contributed by atoms with Gasteiger partial charge in [-0.1, -0.05) is 61.3 Å². The van der Waals surface area contributed by atoms with E-state index in [0.29, 0.717) is 38.9 Å². The number of primary amides is 1. The standard InChI is InChI=1S/C30H52N6O6/c1-8-14-35(15-9-2)27(40)22(18(3)4)33-29(42)34-24(30(5,6)7)28(41)36-16-10-11-21(36)26(39)32-20(17-19-12-13-19)23(37)25(31)38/h18-22,24H,8-17H2,1-7H3,(H2,31,38)(H,32,39)(H2,33,34,42)/t20?,21-,22?,24?/m0/s1. The van der Waals surface area contributed by atoms with Gasteiger partial charge >= 0.3 is 6.03 Å². The number of nitrogens with two attached hydrogens (primary N) is 1. The molecule has 42 heavy (non-hydrogen) atoms. The van der Waals surface area contributed by atoms with E-state index in [4.69, 9.17) is 5.73 Å². The van der Waals surface area contributed by atoms with E-state index in [1.807, 2.05) is 48.5 Å². The highest BCUT2D eigenvalue weighted by Gasteiger charge is 2.43. The molecule has 6 amide bonds. The maximum atomic E-state index is 13.9. The van der Waals surface area contributed by atoms with Crippen LogP contribution in [-0.4, -0.2) is 89.0 Å². The summed E-state index contributed by atoms with van der Waals surface area (Å²) in [7, 11) is 0. The average molecular weight is 593 g/mol. The molecule has 0 aromatic heterocycles. The summed E-state index contributed by atoms with van der Waals surface area (Å²) in [5.41, 5.74) is 4.50. The first-order chi connectivity index (χ1) is 19.6. The van der Waals surface area contributed by atoms with Gasteiger partial charge in [0.05, 0.1) is 6.04 Å². The van der Waals surface area contributed by atoms with Gasteiger partial charge < -0.3 is 31.5 Å². The normalized spacial score (nSPS) is 19.0. The Labute approximate surface area is 250 Å². The first-order valence-electron chi connectivity index (χ1n) is 15.4. The second-order valence-corrected chi connectivity index (χ2v) is 13.1. The third kappa shape index (κ3) is 9.69. The zero-order valence-corrected chi connectivity index (χ0v) is 26.5. The number of ketones is 1. The summed E-state index contributed by atoms with van der Waals surface area (Å²) in [6.45, 7) is 14.6.